The summed E-state index contributed by atoms with van der Waals surface area (Å²) in [7, 11) is 0. The molecule has 0 radical (unpaired) electrons. The van der Waals surface area contributed by atoms with Gasteiger partial charge in [0.2, 0.25) is 5.91 Å². The third-order valence-corrected chi connectivity index (χ3v) is 6.58. The number of carbonyl (C=O) groups is 1. The third-order valence-electron chi connectivity index (χ3n) is 6.58. The Kier molecular flexibility index (Phi) is 5.79. The number of quaternary nitrogens is 1. The lowest BCUT2D eigenvalue weighted by Gasteiger charge is -2.45. The minimum Gasteiger partial charge on any atom is -0.370 e. The van der Waals surface area contributed by atoms with Crippen molar-refractivity contribution in [1.29, 1.82) is 0 Å². The van der Waals surface area contributed by atoms with Gasteiger partial charge in [0.1, 0.15) is 18.6 Å². The van der Waals surface area contributed by atoms with E-state index in [-0.39, 0.29) is 11.4 Å². The fourth-order valence-corrected chi connectivity index (χ4v) is 4.97. The second-order valence-corrected chi connectivity index (χ2v) is 8.19. The number of hydrogen-bond donors (Lipinski definition) is 3. The van der Waals surface area contributed by atoms with Crippen molar-refractivity contribution in [2.75, 3.05) is 32.8 Å². The number of hydrogen-bond acceptors (Lipinski definition) is 2. The van der Waals surface area contributed by atoms with Gasteiger partial charge in [-0.25, -0.2) is 0 Å². The Morgan fingerprint density at radius 1 is 1.15 bits per heavy atom. The Morgan fingerprint density at radius 2 is 1.93 bits per heavy atom. The molecular weight excluding hydrogens is 338 g/mol. The van der Waals surface area contributed by atoms with E-state index in [4.69, 9.17) is 4.74 Å². The van der Waals surface area contributed by atoms with Crippen molar-refractivity contribution >= 4 is 16.8 Å². The zero-order chi connectivity index (χ0) is 18.5. The maximum absolute atomic E-state index is 12.6. The van der Waals surface area contributed by atoms with Gasteiger partial charge in [0.25, 0.3) is 0 Å². The SMILES string of the molecule is O=C(CCc1c[nH]c2ccccc12)NCC1([NH+]2CCOCC2)CCCCC1. The van der Waals surface area contributed by atoms with Gasteiger partial charge in [-0.2, -0.15) is 0 Å². The Hall–Kier alpha value is -1.85. The van der Waals surface area contributed by atoms with Crippen molar-refractivity contribution < 1.29 is 14.4 Å². The molecule has 5 nitrogen and oxygen atoms in total. The molecule has 0 spiro atoms. The van der Waals surface area contributed by atoms with Crippen LogP contribution in [0.15, 0.2) is 30.5 Å². The molecule has 0 bridgehead atoms. The summed E-state index contributed by atoms with van der Waals surface area (Å²) in [6, 6.07) is 8.29. The molecule has 5 heteroatoms. The molecule has 1 saturated heterocycles. The van der Waals surface area contributed by atoms with Gasteiger partial charge in [-0.05, 0) is 30.9 Å². The van der Waals surface area contributed by atoms with Crippen LogP contribution in [0.3, 0.4) is 0 Å². The first kappa shape index (κ1) is 18.5. The predicted octanol–water partition coefficient (Wildman–Crippen LogP) is 1.83. The topological polar surface area (TPSA) is 58.6 Å². The zero-order valence-corrected chi connectivity index (χ0v) is 16.2. The molecule has 3 N–H and O–H groups in total. The summed E-state index contributed by atoms with van der Waals surface area (Å²) in [5, 5.41) is 4.52. The number of morpholine rings is 1. The van der Waals surface area contributed by atoms with E-state index in [9.17, 15) is 4.79 Å². The number of fused-ring (bicyclic) bond motifs is 1. The number of para-hydroxylation sites is 1. The fraction of sp³-hybridized carbons (Fsp3) is 0.591. The van der Waals surface area contributed by atoms with Crippen molar-refractivity contribution in [2.24, 2.45) is 0 Å². The molecule has 1 aliphatic carbocycles. The molecular formula is C22H32N3O2+. The van der Waals surface area contributed by atoms with Crippen LogP contribution in [0.5, 0.6) is 0 Å². The van der Waals surface area contributed by atoms with Crippen molar-refractivity contribution in [1.82, 2.24) is 10.3 Å². The van der Waals surface area contributed by atoms with Crippen LogP contribution >= 0.6 is 0 Å². The lowest BCUT2D eigenvalue weighted by atomic mass is 9.79. The molecule has 0 unspecified atom stereocenters. The quantitative estimate of drug-likeness (QED) is 0.727. The van der Waals surface area contributed by atoms with Gasteiger partial charge >= 0.3 is 0 Å². The summed E-state index contributed by atoms with van der Waals surface area (Å²) in [6.07, 6.45) is 9.74. The van der Waals surface area contributed by atoms with Crippen molar-refractivity contribution in [2.45, 2.75) is 50.5 Å². The molecule has 1 aromatic carbocycles. The molecule has 2 heterocycles. The first-order chi connectivity index (χ1) is 13.3. The highest BCUT2D eigenvalue weighted by molar-refractivity contribution is 5.84. The number of ether oxygens (including phenoxy) is 1. The second kappa shape index (κ2) is 8.44. The highest BCUT2D eigenvalue weighted by atomic mass is 16.5. The number of benzene rings is 1. The van der Waals surface area contributed by atoms with Crippen molar-refractivity contribution in [3.63, 3.8) is 0 Å². The van der Waals surface area contributed by atoms with Gasteiger partial charge in [0, 0.05) is 36.4 Å². The molecule has 2 fully saturated rings. The Morgan fingerprint density at radius 3 is 2.74 bits per heavy atom. The van der Waals surface area contributed by atoms with E-state index >= 15 is 0 Å². The number of aromatic nitrogens is 1. The summed E-state index contributed by atoms with van der Waals surface area (Å²) in [4.78, 5) is 17.5. The van der Waals surface area contributed by atoms with Crippen molar-refractivity contribution in [3.05, 3.63) is 36.0 Å². The Labute approximate surface area is 161 Å². The van der Waals surface area contributed by atoms with Crippen molar-refractivity contribution in [3.8, 4) is 0 Å². The van der Waals surface area contributed by atoms with Gasteiger partial charge < -0.3 is 19.9 Å². The molecule has 27 heavy (non-hydrogen) atoms. The van der Waals surface area contributed by atoms with E-state index < -0.39 is 0 Å². The van der Waals surface area contributed by atoms with Crippen LogP contribution < -0.4 is 10.2 Å². The average Bonchev–Trinajstić information content (AvgIpc) is 3.15. The van der Waals surface area contributed by atoms with Crippen LogP contribution in [0.4, 0.5) is 0 Å². The normalized spacial score (nSPS) is 20.6. The monoisotopic (exact) mass is 370 g/mol. The Bertz CT molecular complexity index is 758. The van der Waals surface area contributed by atoms with E-state index in [0.29, 0.717) is 6.42 Å². The van der Waals surface area contributed by atoms with Gasteiger partial charge in [-0.1, -0.05) is 24.6 Å². The molecule has 146 valence electrons. The van der Waals surface area contributed by atoms with Crippen LogP contribution in [-0.4, -0.2) is 49.3 Å². The summed E-state index contributed by atoms with van der Waals surface area (Å²) in [5.74, 6) is 0.179. The van der Waals surface area contributed by atoms with E-state index in [1.54, 1.807) is 4.90 Å². The zero-order valence-electron chi connectivity index (χ0n) is 16.2. The maximum Gasteiger partial charge on any atom is 0.220 e. The van der Waals surface area contributed by atoms with Crippen LogP contribution in [0, 0.1) is 0 Å². The summed E-state index contributed by atoms with van der Waals surface area (Å²) < 4.78 is 5.57. The fourth-order valence-electron chi connectivity index (χ4n) is 4.97. The standard InChI is InChI=1S/C22H31N3O2/c26-21(9-8-18-16-23-20-7-3-2-6-19(18)20)24-17-22(10-4-1-5-11-22)25-12-14-27-15-13-25/h2-3,6-7,16,23H,1,4-5,8-15,17H2,(H,24,26)/p+1. The second-order valence-electron chi connectivity index (χ2n) is 8.19. The highest BCUT2D eigenvalue weighted by Crippen LogP contribution is 2.25. The molecule has 1 amide bonds. The molecule has 0 atom stereocenters. The molecule has 2 aromatic rings. The van der Waals surface area contributed by atoms with E-state index in [0.717, 1.165) is 44.8 Å². The molecule has 1 aliphatic heterocycles. The number of rotatable bonds is 6. The van der Waals surface area contributed by atoms with Crippen LogP contribution in [0.25, 0.3) is 10.9 Å². The Balaban J connectivity index is 1.34. The number of nitrogens with one attached hydrogen (secondary N) is 3. The minimum atomic E-state index is 0.179. The smallest absolute Gasteiger partial charge is 0.220 e. The number of H-pyrrole nitrogens is 1. The predicted molar refractivity (Wildman–Crippen MR) is 107 cm³/mol. The highest BCUT2D eigenvalue weighted by Gasteiger charge is 2.42. The van der Waals surface area contributed by atoms with Gasteiger partial charge in [0.15, 0.2) is 0 Å². The summed E-state index contributed by atoms with van der Waals surface area (Å²) >= 11 is 0. The number of aromatic amines is 1. The summed E-state index contributed by atoms with van der Waals surface area (Å²) in [6.45, 7) is 4.67. The number of carbonyl (C=O) groups excluding carboxylic acids is 1. The third kappa shape index (κ3) is 4.19. The lowest BCUT2D eigenvalue weighted by Crippen LogP contribution is -3.23. The van der Waals surface area contributed by atoms with E-state index in [1.807, 2.05) is 12.3 Å². The first-order valence-corrected chi connectivity index (χ1v) is 10.5. The van der Waals surface area contributed by atoms with Crippen LogP contribution in [-0.2, 0) is 16.0 Å². The minimum absolute atomic E-state index is 0.179. The molecule has 1 aromatic heterocycles. The summed E-state index contributed by atoms with van der Waals surface area (Å²) in [5.41, 5.74) is 2.59. The number of amides is 1. The van der Waals surface area contributed by atoms with Gasteiger partial charge in [0.05, 0.1) is 19.8 Å². The molecule has 2 aliphatic rings. The largest absolute Gasteiger partial charge is 0.370 e. The molecule has 1 saturated carbocycles. The van der Waals surface area contributed by atoms with Crippen LogP contribution in [0.1, 0.15) is 44.1 Å². The van der Waals surface area contributed by atoms with E-state index in [2.05, 4.69) is 28.5 Å². The van der Waals surface area contributed by atoms with E-state index in [1.165, 1.54) is 43.1 Å². The van der Waals surface area contributed by atoms with Gasteiger partial charge in [-0.3, -0.25) is 4.79 Å². The average molecular weight is 371 g/mol. The molecule has 4 rings (SSSR count). The first-order valence-electron chi connectivity index (χ1n) is 10.5. The lowest BCUT2D eigenvalue weighted by molar-refractivity contribution is -0.960. The maximum atomic E-state index is 12.6. The number of aryl methyl sites for hydroxylation is 1. The van der Waals surface area contributed by atoms with Crippen LogP contribution in [0.2, 0.25) is 0 Å². The van der Waals surface area contributed by atoms with Gasteiger partial charge in [-0.15, -0.1) is 0 Å².